The molecule has 6 rings (SSSR count). The Hall–Kier alpha value is -6.07. The Morgan fingerprint density at radius 2 is 0.695 bits per heavy atom. The third-order valence-corrected chi connectivity index (χ3v) is 18.9. The largest absolute Gasteiger partial charge is 0.493 e. The summed E-state index contributed by atoms with van der Waals surface area (Å²) in [5, 5.41) is 11.2. The number of thioether (sulfide) groups is 3. The van der Waals surface area contributed by atoms with E-state index in [4.69, 9.17) is 8.95 Å². The molecule has 1 atom stereocenters. The van der Waals surface area contributed by atoms with Crippen LogP contribution in [-0.2, 0) is 22.4 Å². The number of benzene rings is 6. The van der Waals surface area contributed by atoms with Crippen molar-refractivity contribution < 1.29 is 55.7 Å². The van der Waals surface area contributed by atoms with Gasteiger partial charge in [-0.25, -0.2) is 8.42 Å². The molecule has 0 radical (unpaired) electrons. The highest BCUT2D eigenvalue weighted by Crippen LogP contribution is 2.23. The Bertz CT molecular complexity index is 3650. The van der Waals surface area contributed by atoms with Gasteiger partial charge in [-0.3, -0.25) is 38.4 Å². The fourth-order valence-electron chi connectivity index (χ4n) is 8.52. The van der Waals surface area contributed by atoms with E-state index in [9.17, 15) is 46.8 Å². The van der Waals surface area contributed by atoms with Crippen LogP contribution in [-0.4, -0.2) is 163 Å². The van der Waals surface area contributed by atoms with Gasteiger partial charge in [0.15, 0.2) is 45.5 Å². The van der Waals surface area contributed by atoms with Crippen LogP contribution in [0.5, 0.6) is 5.75 Å². The molecule has 4 N–H and O–H groups in total. The van der Waals surface area contributed by atoms with Gasteiger partial charge in [-0.15, -0.1) is 0 Å². The molecule has 105 heavy (non-hydrogen) atoms. The Labute approximate surface area is 669 Å². The fraction of sp³-hybridized carbons (Fsp3) is 0.392. The van der Waals surface area contributed by atoms with E-state index in [0.717, 1.165) is 22.6 Å². The number of amides is 4. The standard InChI is InChI=1S/C28H31NO5S.C16H23NO2S2.C15H19NO2S.C15H19NO2.C2H6S2.3CH4S.OS/c1-19(2)29-28(31)23-11-9-22(10-12-23)27(30)24(17-34-25-13-5-20(3)6-14-25)18-35(32,33)26-15-7-21(4)8-16-26;1-11(2)17-16(19)13-7-5-12(6-8-13)15(18)14(9-20-3)10-21-4;1-10(2)16-15(18)13-7-5-12(6-8-13)14(17)11(3)9-19-4;1-5-11(4)14(17)12-6-8-13(9-7-12)15(18)16-10(2)3;1-3-4-2;4*1-2/h5-16,19,24H,17-18H2,1-4H3,(H,29,31);5-8,11,14H,9-10H2,1-4H3,(H,17,19);5-8,10H,3,9H2,1-2,4H3,(H,16,18);6-10H,4-5H2,1-3H3,(H,16,18);1-2H3;3*2H,1H3;. The summed E-state index contributed by atoms with van der Waals surface area (Å²) in [6.07, 6.45) is 15.8. The number of aryl methyl sites for hydroxylation is 2. The lowest BCUT2D eigenvalue weighted by molar-refractivity contribution is 0.0886. The second kappa shape index (κ2) is 59.9. The van der Waals surface area contributed by atoms with Gasteiger partial charge in [-0.1, -0.05) is 126 Å². The summed E-state index contributed by atoms with van der Waals surface area (Å²) < 4.78 is 39.9. The third-order valence-electron chi connectivity index (χ3n) is 13.7. The molecule has 1 unspecified atom stereocenters. The topological polar surface area (TPSA) is 245 Å². The van der Waals surface area contributed by atoms with E-state index >= 15 is 0 Å². The van der Waals surface area contributed by atoms with E-state index < -0.39 is 21.5 Å². The summed E-state index contributed by atoms with van der Waals surface area (Å²) in [4.78, 5) is 97.4. The number of ketones is 4. The number of rotatable bonds is 30. The molecule has 16 nitrogen and oxygen atoms in total. The van der Waals surface area contributed by atoms with Gasteiger partial charge < -0.3 is 26.0 Å². The number of sulfone groups is 1. The number of ether oxygens (including phenoxy) is 1. The maximum absolute atomic E-state index is 13.4. The summed E-state index contributed by atoms with van der Waals surface area (Å²) in [5.41, 5.74) is 7.44. The monoisotopic (exact) mass is 1630 g/mol. The van der Waals surface area contributed by atoms with Gasteiger partial charge in [0.2, 0.25) is 0 Å². The zero-order valence-electron chi connectivity index (χ0n) is 64.1. The Morgan fingerprint density at radius 3 is 0.971 bits per heavy atom. The van der Waals surface area contributed by atoms with Crippen molar-refractivity contribution in [1.82, 2.24) is 21.3 Å². The number of carbonyl (C=O) groups excluding carboxylic acids is 8. The summed E-state index contributed by atoms with van der Waals surface area (Å²) in [6, 6.07) is 40.7. The second-order valence-corrected chi connectivity index (χ2v) is 30.9. The first-order valence-electron chi connectivity index (χ1n) is 33.1. The highest BCUT2D eigenvalue weighted by atomic mass is 33.1. The molecule has 0 spiro atoms. The van der Waals surface area contributed by atoms with Crippen molar-refractivity contribution in [2.24, 2.45) is 11.8 Å². The lowest BCUT2D eigenvalue weighted by Crippen LogP contribution is -2.31. The Balaban J connectivity index is -0.00000130. The Morgan fingerprint density at radius 1 is 0.419 bits per heavy atom. The van der Waals surface area contributed by atoms with Crippen LogP contribution < -0.4 is 26.0 Å². The van der Waals surface area contributed by atoms with Crippen LogP contribution in [0.15, 0.2) is 175 Å². The maximum Gasteiger partial charge on any atom is 0.251 e. The van der Waals surface area contributed by atoms with Crippen LogP contribution >= 0.6 is 94.8 Å². The van der Waals surface area contributed by atoms with Crippen molar-refractivity contribution in [1.29, 1.82) is 0 Å². The number of allylic oxidation sites excluding steroid dienone is 1. The van der Waals surface area contributed by atoms with Gasteiger partial charge in [0.05, 0.1) is 23.2 Å². The number of carbonyl (C=O) groups is 8. The SMILES string of the molecule is C=C(CC)C(=O)c1ccc(C(=O)NC(C)C)cc1.C=C(CSC)C(=O)c1ccc(C(=O)NC(C)C)cc1.CS.CS.CS.CSCC(CSC)C(=O)c1ccc(C(=O)NC(C)C)cc1.CSSC.Cc1ccc(OCC(CS(=O)(=O)c2ccc(C)cc2)C(=O)c2ccc(C(=O)NC(C)C)cc2)cc1.O=S. The van der Waals surface area contributed by atoms with Gasteiger partial charge in [0.1, 0.15) is 5.75 Å². The first-order valence-corrected chi connectivity index (χ1v) is 44.9. The first-order chi connectivity index (χ1) is 49.9. The predicted molar refractivity (Wildman–Crippen MR) is 464 cm³/mol. The highest BCUT2D eigenvalue weighted by Gasteiger charge is 2.29. The molecule has 6 aromatic carbocycles. The number of hydrogen-bond donors (Lipinski definition) is 7. The van der Waals surface area contributed by atoms with Gasteiger partial charge in [0.25, 0.3) is 23.6 Å². The van der Waals surface area contributed by atoms with Crippen LogP contribution in [0.3, 0.4) is 0 Å². The molecule has 0 fully saturated rings. The maximum atomic E-state index is 13.4. The fourth-order valence-corrected chi connectivity index (χ4v) is 12.0. The third kappa shape index (κ3) is 42.3. The Kier molecular flexibility index (Phi) is 58.8. The van der Waals surface area contributed by atoms with E-state index in [0.29, 0.717) is 73.6 Å². The minimum atomic E-state index is -3.74. The smallest absolute Gasteiger partial charge is 0.251 e. The van der Waals surface area contributed by atoms with Gasteiger partial charge in [0, 0.05) is 97.4 Å². The normalized spacial score (nSPS) is 10.4. The molecular formula is C79H110N4O12S10. The molecule has 0 aliphatic carbocycles. The van der Waals surface area contributed by atoms with Crippen molar-refractivity contribution in [3.05, 3.63) is 226 Å². The molecule has 0 heterocycles. The van der Waals surface area contributed by atoms with Crippen LogP contribution in [0.2, 0.25) is 0 Å². The second-order valence-electron chi connectivity index (χ2n) is 23.6. The first kappa shape index (κ1) is 103. The zero-order valence-corrected chi connectivity index (χ0v) is 72.5. The van der Waals surface area contributed by atoms with Crippen molar-refractivity contribution >= 4 is 164 Å². The molecule has 578 valence electrons. The van der Waals surface area contributed by atoms with E-state index in [1.165, 1.54) is 0 Å². The quantitative estimate of drug-likeness (QED) is 0.00959. The summed E-state index contributed by atoms with van der Waals surface area (Å²) in [5.74, 6) is 0.626. The van der Waals surface area contributed by atoms with Crippen LogP contribution in [0, 0.1) is 25.7 Å². The van der Waals surface area contributed by atoms with Gasteiger partial charge in [-0.05, 0) is 204 Å². The molecule has 0 saturated heterocycles. The summed E-state index contributed by atoms with van der Waals surface area (Å²) in [6.45, 7) is 28.3. The molecule has 4 amide bonds. The van der Waals surface area contributed by atoms with Crippen molar-refractivity contribution in [2.75, 3.05) is 79.7 Å². The average Bonchev–Trinajstić information content (AvgIpc) is 0.828. The average molecular weight is 1630 g/mol. The summed E-state index contributed by atoms with van der Waals surface area (Å²) in [7, 11) is -0.194. The lowest BCUT2D eigenvalue weighted by Gasteiger charge is -2.18. The van der Waals surface area contributed by atoms with Gasteiger partial charge >= 0.3 is 0 Å². The molecule has 0 saturated carbocycles. The molecule has 6 aromatic rings. The van der Waals surface area contributed by atoms with Crippen LogP contribution in [0.4, 0.5) is 0 Å². The number of hydrogen-bond acceptors (Lipinski definition) is 21. The molecular weight excluding hydrogens is 1520 g/mol. The van der Waals surface area contributed by atoms with Crippen LogP contribution in [0.25, 0.3) is 0 Å². The van der Waals surface area contributed by atoms with E-state index in [-0.39, 0.29) is 88.3 Å². The van der Waals surface area contributed by atoms with E-state index in [2.05, 4.69) is 97.4 Å². The lowest BCUT2D eigenvalue weighted by atomic mass is 9.98. The highest BCUT2D eigenvalue weighted by molar-refractivity contribution is 8.76. The molecule has 0 aromatic heterocycles. The van der Waals surface area contributed by atoms with E-state index in [1.807, 2.05) is 107 Å². The van der Waals surface area contributed by atoms with Crippen molar-refractivity contribution in [3.63, 3.8) is 0 Å². The van der Waals surface area contributed by atoms with Crippen molar-refractivity contribution in [3.8, 4) is 5.75 Å². The minimum absolute atomic E-state index is 0.0147. The summed E-state index contributed by atoms with van der Waals surface area (Å²) >= 11 is 18.4. The zero-order chi connectivity index (χ0) is 81.0. The number of thiol groups is 3. The molecule has 0 aliphatic rings. The van der Waals surface area contributed by atoms with Crippen molar-refractivity contribution in [2.45, 2.75) is 112 Å². The number of nitrogens with one attached hydrogen (secondary N) is 4. The van der Waals surface area contributed by atoms with E-state index in [1.54, 1.807) is 209 Å². The number of Topliss-reactive ketones (excluding diaryl/α,β-unsaturated/α-hetero) is 4. The molecule has 26 heteroatoms. The van der Waals surface area contributed by atoms with Gasteiger partial charge in [-0.2, -0.15) is 77.4 Å². The minimum Gasteiger partial charge on any atom is -0.493 e. The van der Waals surface area contributed by atoms with Crippen LogP contribution in [0.1, 0.15) is 163 Å². The molecule has 0 bridgehead atoms. The predicted octanol–water partition coefficient (Wildman–Crippen LogP) is 17.0. The molecule has 0 aliphatic heterocycles.